The smallest absolute Gasteiger partial charge is 0.216 e. The first-order chi connectivity index (χ1) is 12.5. The Kier molecular flexibility index (Phi) is 8.42. The summed E-state index contributed by atoms with van der Waals surface area (Å²) in [6.45, 7) is 11.1. The van der Waals surface area contributed by atoms with Gasteiger partial charge < -0.3 is 19.8 Å². The summed E-state index contributed by atoms with van der Waals surface area (Å²) < 4.78 is 11.8. The minimum atomic E-state index is -0.0347. The van der Waals surface area contributed by atoms with Crippen molar-refractivity contribution in [1.82, 2.24) is 15.6 Å². The monoisotopic (exact) mass is 364 g/mol. The van der Waals surface area contributed by atoms with Gasteiger partial charge in [0.15, 0.2) is 5.96 Å². The van der Waals surface area contributed by atoms with Crippen molar-refractivity contribution in [2.24, 2.45) is 4.99 Å². The summed E-state index contributed by atoms with van der Waals surface area (Å²) >= 11 is 0. The fraction of sp³-hybridized carbons (Fsp3) is 0.800. The normalized spacial score (nSPS) is 17.2. The number of guanidine groups is 1. The van der Waals surface area contributed by atoms with Crippen LogP contribution in [0.2, 0.25) is 0 Å². The Labute approximate surface area is 158 Å². The first kappa shape index (κ1) is 20.7. The average molecular weight is 365 g/mol. The average Bonchev–Trinajstić information content (AvgIpc) is 2.93. The Balaban J connectivity index is 1.76. The van der Waals surface area contributed by atoms with Gasteiger partial charge in [-0.25, -0.2) is 9.98 Å². The summed E-state index contributed by atoms with van der Waals surface area (Å²) in [5, 5.41) is 6.58. The molecule has 1 fully saturated rings. The lowest BCUT2D eigenvalue weighted by Gasteiger charge is -2.16. The highest BCUT2D eigenvalue weighted by Gasteiger charge is 2.19. The van der Waals surface area contributed by atoms with Gasteiger partial charge in [-0.3, -0.25) is 0 Å². The van der Waals surface area contributed by atoms with Crippen LogP contribution >= 0.6 is 0 Å². The highest BCUT2D eigenvalue weighted by atomic mass is 16.5. The van der Waals surface area contributed by atoms with Crippen molar-refractivity contribution in [3.63, 3.8) is 0 Å². The van der Waals surface area contributed by atoms with E-state index in [9.17, 15) is 0 Å². The van der Waals surface area contributed by atoms with E-state index in [1.165, 1.54) is 38.5 Å². The highest BCUT2D eigenvalue weighted by molar-refractivity contribution is 5.79. The topological polar surface area (TPSA) is 71.7 Å². The number of nitrogens with zero attached hydrogens (tertiary/aromatic N) is 2. The molecule has 0 bridgehead atoms. The number of nitrogens with one attached hydrogen (secondary N) is 2. The summed E-state index contributed by atoms with van der Waals surface area (Å²) in [6.07, 6.45) is 9.94. The van der Waals surface area contributed by atoms with Gasteiger partial charge in [0.1, 0.15) is 12.3 Å². The molecule has 6 nitrogen and oxygen atoms in total. The summed E-state index contributed by atoms with van der Waals surface area (Å²) in [7, 11) is 0. The molecule has 1 aromatic rings. The van der Waals surface area contributed by atoms with Crippen molar-refractivity contribution >= 4 is 5.96 Å². The summed E-state index contributed by atoms with van der Waals surface area (Å²) in [4.78, 5) is 8.89. The number of hydrogen-bond acceptors (Lipinski definition) is 4. The van der Waals surface area contributed by atoms with Crippen LogP contribution in [0, 0.1) is 0 Å². The fourth-order valence-corrected chi connectivity index (χ4v) is 3.02. The molecule has 2 N–H and O–H groups in total. The molecule has 0 aromatic carbocycles. The largest absolute Gasteiger partial charge is 0.443 e. The van der Waals surface area contributed by atoms with E-state index in [2.05, 4.69) is 48.3 Å². The lowest BCUT2D eigenvalue weighted by molar-refractivity contribution is 0.0468. The molecule has 1 heterocycles. The van der Waals surface area contributed by atoms with E-state index in [0.29, 0.717) is 25.1 Å². The SMILES string of the molecule is CCNC(=NCc1ncc(C(C)(C)C)o1)NCCOC1CCCCCC1. The first-order valence-corrected chi connectivity index (χ1v) is 10.1. The van der Waals surface area contributed by atoms with Crippen molar-refractivity contribution in [3.05, 3.63) is 17.8 Å². The minimum absolute atomic E-state index is 0.0347. The van der Waals surface area contributed by atoms with Crippen LogP contribution in [-0.4, -0.2) is 36.7 Å². The number of aliphatic imine (C=N–C) groups is 1. The number of hydrogen-bond donors (Lipinski definition) is 2. The first-order valence-electron chi connectivity index (χ1n) is 10.1. The number of ether oxygens (including phenoxy) is 1. The van der Waals surface area contributed by atoms with Crippen molar-refractivity contribution in [1.29, 1.82) is 0 Å². The van der Waals surface area contributed by atoms with Crippen molar-refractivity contribution in [2.45, 2.75) is 84.3 Å². The van der Waals surface area contributed by atoms with E-state index in [-0.39, 0.29) is 5.41 Å². The molecule has 0 spiro atoms. The molecule has 1 aliphatic carbocycles. The fourth-order valence-electron chi connectivity index (χ4n) is 3.02. The molecule has 0 amide bonds. The van der Waals surface area contributed by atoms with E-state index in [1.807, 2.05) is 0 Å². The van der Waals surface area contributed by atoms with Crippen molar-refractivity contribution < 1.29 is 9.15 Å². The maximum Gasteiger partial charge on any atom is 0.216 e. The zero-order valence-corrected chi connectivity index (χ0v) is 16.9. The third-order valence-electron chi connectivity index (χ3n) is 4.56. The second-order valence-corrected chi connectivity index (χ2v) is 7.97. The third-order valence-corrected chi connectivity index (χ3v) is 4.56. The lowest BCUT2D eigenvalue weighted by Crippen LogP contribution is -2.39. The van der Waals surface area contributed by atoms with Crippen LogP contribution in [0.3, 0.4) is 0 Å². The van der Waals surface area contributed by atoms with E-state index >= 15 is 0 Å². The molecule has 0 radical (unpaired) electrons. The van der Waals surface area contributed by atoms with Crippen LogP contribution in [0.25, 0.3) is 0 Å². The molecule has 1 aliphatic rings. The van der Waals surface area contributed by atoms with Gasteiger partial charge in [0.25, 0.3) is 0 Å². The predicted octanol–water partition coefficient (Wildman–Crippen LogP) is 3.77. The Morgan fingerprint density at radius 1 is 1.23 bits per heavy atom. The van der Waals surface area contributed by atoms with Gasteiger partial charge in [-0.1, -0.05) is 46.5 Å². The Hall–Kier alpha value is -1.56. The molecule has 2 rings (SSSR count). The van der Waals surface area contributed by atoms with E-state index in [4.69, 9.17) is 9.15 Å². The Bertz CT molecular complexity index is 540. The minimum Gasteiger partial charge on any atom is -0.443 e. The summed E-state index contributed by atoms with van der Waals surface area (Å²) in [6, 6.07) is 0. The van der Waals surface area contributed by atoms with Crippen LogP contribution in [-0.2, 0) is 16.7 Å². The highest BCUT2D eigenvalue weighted by Crippen LogP contribution is 2.22. The molecular formula is C20H36N4O2. The van der Waals surface area contributed by atoms with Gasteiger partial charge in [-0.15, -0.1) is 0 Å². The van der Waals surface area contributed by atoms with Crippen LogP contribution in [0.5, 0.6) is 0 Å². The number of aromatic nitrogens is 1. The maximum atomic E-state index is 6.02. The van der Waals surface area contributed by atoms with E-state index in [0.717, 1.165) is 24.8 Å². The van der Waals surface area contributed by atoms with Crippen LogP contribution < -0.4 is 10.6 Å². The van der Waals surface area contributed by atoms with Crippen LogP contribution in [0.15, 0.2) is 15.6 Å². The lowest BCUT2D eigenvalue weighted by atomic mass is 9.94. The van der Waals surface area contributed by atoms with Crippen LogP contribution in [0.1, 0.15) is 77.9 Å². The maximum absolute atomic E-state index is 6.02. The Morgan fingerprint density at radius 3 is 2.58 bits per heavy atom. The Morgan fingerprint density at radius 2 is 1.96 bits per heavy atom. The molecule has 6 heteroatoms. The van der Waals surface area contributed by atoms with E-state index < -0.39 is 0 Å². The molecule has 0 saturated heterocycles. The molecule has 0 unspecified atom stereocenters. The zero-order chi connectivity index (χ0) is 18.8. The molecule has 1 aromatic heterocycles. The number of rotatable bonds is 7. The van der Waals surface area contributed by atoms with Crippen molar-refractivity contribution in [2.75, 3.05) is 19.7 Å². The van der Waals surface area contributed by atoms with Gasteiger partial charge in [0.2, 0.25) is 5.89 Å². The molecule has 0 aliphatic heterocycles. The molecule has 148 valence electrons. The number of oxazole rings is 1. The summed E-state index contributed by atoms with van der Waals surface area (Å²) in [5.41, 5.74) is -0.0347. The van der Waals surface area contributed by atoms with Gasteiger partial charge in [0, 0.05) is 18.5 Å². The van der Waals surface area contributed by atoms with Crippen molar-refractivity contribution in [3.8, 4) is 0 Å². The standard InChI is InChI=1S/C20H36N4O2/c1-5-21-19(22-12-13-25-16-10-8-6-7-9-11-16)24-15-18-23-14-17(26-18)20(2,3)4/h14,16H,5-13,15H2,1-4H3,(H2,21,22,24). The van der Waals surface area contributed by atoms with Gasteiger partial charge >= 0.3 is 0 Å². The second kappa shape index (κ2) is 10.6. The predicted molar refractivity (Wildman–Crippen MR) is 105 cm³/mol. The second-order valence-electron chi connectivity index (χ2n) is 7.97. The quantitative estimate of drug-likeness (QED) is 0.333. The van der Waals surface area contributed by atoms with Gasteiger partial charge in [-0.2, -0.15) is 0 Å². The van der Waals surface area contributed by atoms with Gasteiger partial charge in [0.05, 0.1) is 18.9 Å². The molecular weight excluding hydrogens is 328 g/mol. The molecule has 26 heavy (non-hydrogen) atoms. The van der Waals surface area contributed by atoms with E-state index in [1.54, 1.807) is 6.20 Å². The third kappa shape index (κ3) is 7.36. The zero-order valence-electron chi connectivity index (χ0n) is 16.9. The van der Waals surface area contributed by atoms with Gasteiger partial charge in [-0.05, 0) is 19.8 Å². The summed E-state index contributed by atoms with van der Waals surface area (Å²) in [5.74, 6) is 2.30. The molecule has 0 atom stereocenters. The van der Waals surface area contributed by atoms with Crippen LogP contribution in [0.4, 0.5) is 0 Å². The molecule has 1 saturated carbocycles.